The van der Waals surface area contributed by atoms with Crippen molar-refractivity contribution in [1.29, 1.82) is 0 Å². The number of halogens is 3. The Hall–Kier alpha value is -4.51. The maximum atomic E-state index is 14.6. The van der Waals surface area contributed by atoms with Crippen molar-refractivity contribution >= 4 is 23.6 Å². The number of ether oxygens (including phenoxy) is 2. The van der Waals surface area contributed by atoms with Gasteiger partial charge in [-0.1, -0.05) is 78.3 Å². The molecular weight excluding hydrogens is 686 g/mol. The van der Waals surface area contributed by atoms with E-state index in [1.54, 1.807) is 4.90 Å². The molecule has 2 aliphatic rings. The Balaban J connectivity index is 1.08. The molecule has 1 N–H and O–H groups in total. The SMILES string of the molecule is COc1c(F)ccc(F)c1CN1CCN(C(=O)[C@H](NC(=O)OCc2ccccc2)C2CCN(CCc3cc(Cl)ccc3-c3ccccc3)CC2)CC1. The van der Waals surface area contributed by atoms with Crippen LogP contribution >= 0.6 is 11.6 Å². The van der Waals surface area contributed by atoms with Gasteiger partial charge in [-0.15, -0.1) is 0 Å². The number of rotatable bonds is 12. The first-order valence-corrected chi connectivity index (χ1v) is 18.2. The number of amides is 2. The van der Waals surface area contributed by atoms with Gasteiger partial charge in [0.2, 0.25) is 5.91 Å². The van der Waals surface area contributed by atoms with Gasteiger partial charge in [0.15, 0.2) is 11.6 Å². The van der Waals surface area contributed by atoms with Crippen molar-refractivity contribution in [2.24, 2.45) is 5.92 Å². The second-order valence-corrected chi connectivity index (χ2v) is 13.9. The molecule has 6 rings (SSSR count). The zero-order chi connectivity index (χ0) is 36.5. The summed E-state index contributed by atoms with van der Waals surface area (Å²) in [4.78, 5) is 33.4. The molecule has 0 unspecified atom stereocenters. The first-order valence-electron chi connectivity index (χ1n) is 17.8. The van der Waals surface area contributed by atoms with E-state index in [1.165, 1.54) is 18.2 Å². The Kier molecular flexibility index (Phi) is 12.8. The minimum atomic E-state index is -0.754. The normalized spacial score (nSPS) is 16.3. The van der Waals surface area contributed by atoms with Gasteiger partial charge in [-0.05, 0) is 84.8 Å². The molecule has 11 heteroatoms. The molecule has 2 amide bonds. The molecule has 0 radical (unpaired) electrons. The number of carbonyl (C=O) groups excluding carboxylic acids is 2. The van der Waals surface area contributed by atoms with Gasteiger partial charge in [-0.25, -0.2) is 13.6 Å². The standard InChI is InChI=1S/C41H45ClF2N4O4/c1-51-39-35(36(43)14-15-37(39)44)27-47-22-24-48(25-23-47)40(49)38(45-41(50)52-28-29-8-4-2-5-9-29)31-16-19-46(20-17-31)21-18-32-26-33(42)12-13-34(32)30-10-6-3-7-11-30/h2-15,26,31,38H,16-25,27-28H2,1H3,(H,45,50)/t38-/m1/s1. The number of hydrogen-bond acceptors (Lipinski definition) is 6. The number of nitrogens with zero attached hydrogens (tertiary/aromatic N) is 3. The monoisotopic (exact) mass is 730 g/mol. The van der Waals surface area contributed by atoms with Gasteiger partial charge >= 0.3 is 6.09 Å². The lowest BCUT2D eigenvalue weighted by Crippen LogP contribution is -2.58. The van der Waals surface area contributed by atoms with E-state index in [-0.39, 0.29) is 36.3 Å². The van der Waals surface area contributed by atoms with Crippen molar-refractivity contribution in [3.63, 3.8) is 0 Å². The second-order valence-electron chi connectivity index (χ2n) is 13.4. The third kappa shape index (κ3) is 9.47. The average Bonchev–Trinajstić information content (AvgIpc) is 3.18. The van der Waals surface area contributed by atoms with Crippen LogP contribution in [-0.4, -0.2) is 85.7 Å². The Morgan fingerprint density at radius 1 is 0.846 bits per heavy atom. The van der Waals surface area contributed by atoms with E-state index in [4.69, 9.17) is 21.1 Å². The van der Waals surface area contributed by atoms with Crippen LogP contribution < -0.4 is 10.1 Å². The lowest BCUT2D eigenvalue weighted by molar-refractivity contribution is -0.137. The third-order valence-electron chi connectivity index (χ3n) is 10.1. The van der Waals surface area contributed by atoms with Crippen molar-refractivity contribution in [2.75, 3.05) is 52.9 Å². The van der Waals surface area contributed by atoms with Gasteiger partial charge in [0.25, 0.3) is 0 Å². The minimum absolute atomic E-state index is 0.0808. The summed E-state index contributed by atoms with van der Waals surface area (Å²) in [6.07, 6.45) is 1.66. The van der Waals surface area contributed by atoms with Gasteiger partial charge in [0.1, 0.15) is 18.5 Å². The zero-order valence-corrected chi connectivity index (χ0v) is 30.2. The predicted molar refractivity (Wildman–Crippen MR) is 198 cm³/mol. The smallest absolute Gasteiger partial charge is 0.408 e. The van der Waals surface area contributed by atoms with Gasteiger partial charge in [-0.2, -0.15) is 0 Å². The number of benzene rings is 4. The molecule has 1 atom stereocenters. The summed E-state index contributed by atoms with van der Waals surface area (Å²) in [6.45, 7) is 4.36. The molecule has 2 fully saturated rings. The van der Waals surface area contributed by atoms with Crippen molar-refractivity contribution in [3.05, 3.63) is 124 Å². The highest BCUT2D eigenvalue weighted by Gasteiger charge is 2.37. The fraction of sp³-hybridized carbons (Fsp3) is 0.366. The highest BCUT2D eigenvalue weighted by Crippen LogP contribution is 2.30. The number of likely N-dealkylation sites (tertiary alicyclic amines) is 1. The maximum Gasteiger partial charge on any atom is 0.408 e. The van der Waals surface area contributed by atoms with Crippen molar-refractivity contribution in [3.8, 4) is 16.9 Å². The number of hydrogen-bond donors (Lipinski definition) is 1. The molecule has 274 valence electrons. The maximum absolute atomic E-state index is 14.6. The van der Waals surface area contributed by atoms with Crippen molar-refractivity contribution in [2.45, 2.75) is 38.5 Å². The fourth-order valence-electron chi connectivity index (χ4n) is 7.22. The number of piperidine rings is 1. The molecule has 0 bridgehead atoms. The van der Waals surface area contributed by atoms with Gasteiger partial charge in [0, 0.05) is 49.9 Å². The first kappa shape index (κ1) is 37.3. The molecule has 2 saturated heterocycles. The fourth-order valence-corrected chi connectivity index (χ4v) is 7.41. The lowest BCUT2D eigenvalue weighted by Gasteiger charge is -2.40. The molecule has 2 aliphatic heterocycles. The number of piperazine rings is 1. The van der Waals surface area contributed by atoms with E-state index < -0.39 is 23.8 Å². The van der Waals surface area contributed by atoms with E-state index in [1.807, 2.05) is 65.6 Å². The highest BCUT2D eigenvalue weighted by atomic mass is 35.5. The first-order chi connectivity index (χ1) is 25.3. The van der Waals surface area contributed by atoms with Gasteiger partial charge < -0.3 is 24.6 Å². The Morgan fingerprint density at radius 2 is 1.52 bits per heavy atom. The van der Waals surface area contributed by atoms with Crippen molar-refractivity contribution < 1.29 is 27.8 Å². The molecule has 0 spiro atoms. The molecular formula is C41H45ClF2N4O4. The lowest BCUT2D eigenvalue weighted by atomic mass is 9.88. The highest BCUT2D eigenvalue weighted by molar-refractivity contribution is 6.30. The van der Waals surface area contributed by atoms with E-state index in [2.05, 4.69) is 28.4 Å². The summed E-state index contributed by atoms with van der Waals surface area (Å²) in [6, 6.07) is 27.1. The minimum Gasteiger partial charge on any atom is -0.493 e. The Bertz CT molecular complexity index is 1800. The van der Waals surface area contributed by atoms with E-state index in [0.717, 1.165) is 62.2 Å². The van der Waals surface area contributed by atoms with Crippen molar-refractivity contribution in [1.82, 2.24) is 20.0 Å². The van der Waals surface area contributed by atoms with Crippen LogP contribution in [0.2, 0.25) is 5.02 Å². The third-order valence-corrected chi connectivity index (χ3v) is 10.4. The van der Waals surface area contributed by atoms with Crippen LogP contribution in [0.3, 0.4) is 0 Å². The largest absolute Gasteiger partial charge is 0.493 e. The average molecular weight is 731 g/mol. The van der Waals surface area contributed by atoms with E-state index in [0.29, 0.717) is 31.2 Å². The zero-order valence-electron chi connectivity index (χ0n) is 29.4. The molecule has 8 nitrogen and oxygen atoms in total. The summed E-state index contributed by atoms with van der Waals surface area (Å²) < 4.78 is 39.6. The number of carbonyl (C=O) groups is 2. The van der Waals surface area contributed by atoms with E-state index in [9.17, 15) is 18.4 Å². The number of alkyl carbamates (subject to hydrolysis) is 1. The van der Waals surface area contributed by atoms with Crippen LogP contribution in [0.15, 0.2) is 91.0 Å². The summed E-state index contributed by atoms with van der Waals surface area (Å²) in [5, 5.41) is 3.64. The summed E-state index contributed by atoms with van der Waals surface area (Å²) >= 11 is 6.41. The topological polar surface area (TPSA) is 74.3 Å². The Labute approximate surface area is 309 Å². The number of methoxy groups -OCH3 is 1. The summed E-state index contributed by atoms with van der Waals surface area (Å²) in [7, 11) is 1.32. The molecule has 0 saturated carbocycles. The van der Waals surface area contributed by atoms with Crippen LogP contribution in [0.4, 0.5) is 13.6 Å². The van der Waals surface area contributed by atoms with Crippen LogP contribution in [0, 0.1) is 17.6 Å². The van der Waals surface area contributed by atoms with Crippen LogP contribution in [0.1, 0.15) is 29.5 Å². The Morgan fingerprint density at radius 3 is 2.21 bits per heavy atom. The molecule has 0 aliphatic carbocycles. The van der Waals surface area contributed by atoms with E-state index >= 15 is 0 Å². The molecule has 4 aromatic carbocycles. The molecule has 0 aromatic heterocycles. The molecule has 4 aromatic rings. The molecule has 52 heavy (non-hydrogen) atoms. The predicted octanol–water partition coefficient (Wildman–Crippen LogP) is 7.19. The summed E-state index contributed by atoms with van der Waals surface area (Å²) in [5.74, 6) is -1.50. The van der Waals surface area contributed by atoms with Crippen LogP contribution in [0.5, 0.6) is 5.75 Å². The van der Waals surface area contributed by atoms with Gasteiger partial charge in [0.05, 0.1) is 7.11 Å². The van der Waals surface area contributed by atoms with Crippen LogP contribution in [-0.2, 0) is 29.1 Å². The van der Waals surface area contributed by atoms with Gasteiger partial charge in [-0.3, -0.25) is 9.69 Å². The second kappa shape index (κ2) is 17.8. The number of nitrogens with one attached hydrogen (secondary N) is 1. The quantitative estimate of drug-likeness (QED) is 0.167. The molecule has 2 heterocycles. The van der Waals surface area contributed by atoms with Crippen LogP contribution in [0.25, 0.3) is 11.1 Å². The summed E-state index contributed by atoms with van der Waals surface area (Å²) in [5.41, 5.74) is 4.52.